The summed E-state index contributed by atoms with van der Waals surface area (Å²) < 4.78 is 164. The van der Waals surface area contributed by atoms with E-state index in [0.717, 1.165) is 0 Å². The van der Waals surface area contributed by atoms with Gasteiger partial charge in [-0.2, -0.15) is 0 Å². The van der Waals surface area contributed by atoms with Crippen LogP contribution in [0.4, 0.5) is 0 Å². The molecule has 0 unspecified atom stereocenters. The maximum Gasteiger partial charge on any atom is 0.320 e. The molecule has 50 heteroatoms. The van der Waals surface area contributed by atoms with Crippen molar-refractivity contribution in [3.63, 3.8) is 0 Å². The van der Waals surface area contributed by atoms with Crippen LogP contribution in [0.3, 0.4) is 0 Å². The highest BCUT2D eigenvalue weighted by Gasteiger charge is 2.56. The first-order chi connectivity index (χ1) is 42.7. The van der Waals surface area contributed by atoms with E-state index >= 15 is 0 Å². The molecule has 0 fully saturated rings. The molecule has 100 heavy (non-hydrogen) atoms. The molecule has 0 rings (SSSR count). The first kappa shape index (κ1) is 104. The Morgan fingerprint density at radius 1 is 0.130 bits per heavy atom. The summed E-state index contributed by atoms with van der Waals surface area (Å²) in [4.78, 5) is 10.5. The second kappa shape index (κ2) is 35.3. The lowest BCUT2D eigenvalue weighted by Crippen LogP contribution is -2.63. The predicted molar refractivity (Wildman–Crippen MR) is 467 cm³/mol. The molecule has 0 saturated carbocycles. The van der Waals surface area contributed by atoms with Gasteiger partial charge in [0, 0.05) is 0 Å². The van der Waals surface area contributed by atoms with Gasteiger partial charge in [-0.15, -0.1) is 0 Å². The van der Waals surface area contributed by atoms with Gasteiger partial charge in [0.05, 0.1) is 0 Å². The average molecular weight is 1860 g/mol. The van der Waals surface area contributed by atoms with Crippen LogP contribution in [0.2, 0.25) is 327 Å². The van der Waals surface area contributed by atoms with Gasteiger partial charge >= 0.3 is 205 Å². The van der Waals surface area contributed by atoms with Gasteiger partial charge in [0.25, 0.3) is 0 Å². The lowest BCUT2D eigenvalue weighted by molar-refractivity contribution is 0.245. The van der Waals surface area contributed by atoms with Gasteiger partial charge < -0.3 is 104 Å². The normalized spacial score (nSPS) is 16.2. The molecule has 0 radical (unpaired) electrons. The Balaban J connectivity index is 5.90. The molecule has 0 aliphatic carbocycles. The van der Waals surface area contributed by atoms with E-state index in [2.05, 4.69) is 170 Å². The van der Waals surface area contributed by atoms with Crippen LogP contribution in [0, 0.1) is 0 Å². The number of rotatable bonds is 48. The lowest BCUT2D eigenvalue weighted by atomic mass is 11.9. The molecule has 0 spiro atoms. The molecule has 0 aromatic heterocycles. The quantitative estimate of drug-likeness (QED) is 0.0557. The summed E-state index contributed by atoms with van der Waals surface area (Å²) in [5, 5.41) is 0. The topological polar surface area (TPSA) is 242 Å². The van der Waals surface area contributed by atoms with Crippen molar-refractivity contribution in [2.24, 2.45) is 0 Å². The summed E-state index contributed by atoms with van der Waals surface area (Å²) in [6, 6.07) is 0. The molecule has 0 aromatic carbocycles. The van der Waals surface area contributed by atoms with Crippen LogP contribution >= 0.6 is 0 Å². The molecule has 0 atom stereocenters. The van der Waals surface area contributed by atoms with Crippen LogP contribution in [-0.2, 0) is 98.8 Å². The molecule has 0 aliphatic heterocycles. The second-order valence-electron chi connectivity index (χ2n) is 37.2. The Morgan fingerprint density at radius 3 is 0.270 bits per heavy atom. The fraction of sp³-hybridized carbons (Fsp3) is 1.00. The maximum atomic E-state index is 10.5. The van der Waals surface area contributed by atoms with E-state index in [1.165, 1.54) is 0 Å². The van der Waals surface area contributed by atoms with E-state index in [4.69, 9.17) is 98.8 Å². The first-order valence-corrected chi connectivity index (χ1v) is 106. The minimum absolute atomic E-state index is 1.28. The summed E-state index contributed by atoms with van der Waals surface area (Å²) in [6.07, 6.45) is 0. The summed E-state index contributed by atoms with van der Waals surface area (Å²) in [5.41, 5.74) is 0. The number of hydrogen-bond acceptors (Lipinski definition) is 25. The highest BCUT2D eigenvalue weighted by Crippen LogP contribution is 2.36. The molecule has 1 N–H and O–H groups in total. The van der Waals surface area contributed by atoms with Gasteiger partial charge in [0.15, 0.2) is 9.04 Å². The highest BCUT2D eigenvalue weighted by molar-refractivity contribution is 6.97. The van der Waals surface area contributed by atoms with Crippen LogP contribution < -0.4 is 0 Å². The standard InChI is InChI=1S/C50H152O25Si25/c1-76(2)52-78(5,6)54-80(9,10)56-82(13,14)58-84(17,18)60-86(21,22)62-88(25,26)64-90(29,30)66-92(33,34)68-94(37,38)70-96(41,42)72-98(45,46)74-100(49,50)75-99(47,48)73-97(43,44)71-95(39,40)69-93(35,36)67-91(31,32)65-89(27,28)63-87(23,24)61-85(19,20)59-83(15,16)57-81(11,12)55-79(7,8)53-77(3,4)51/h51,76H,1-50H3. The molecule has 602 valence electrons. The monoisotopic (exact) mass is 1850 g/mol. The third kappa shape index (κ3) is 48.5. The Labute approximate surface area is 639 Å². The zero-order valence-electron chi connectivity index (χ0n) is 72.8. The SMILES string of the molecule is C[SiH](C)O[Si](C)(C)O[Si](C)(C)O[Si](C)(C)O[Si](C)(C)O[Si](C)(C)O[Si](C)(C)O[Si](C)(C)O[Si](C)(C)O[Si](C)(C)O[Si](C)(C)O[Si](C)(C)O[Si](C)(C)O[Si](C)(C)O[Si](C)(C)O[Si](C)(C)O[Si](C)(C)O[Si](C)(C)O[Si](C)(C)O[Si](C)(C)O[Si](C)(C)O[Si](C)(C)O[Si](C)(C)O[Si](C)(C)O[Si](C)(C)O. The van der Waals surface area contributed by atoms with Crippen molar-refractivity contribution in [1.82, 2.24) is 0 Å². The largest absolute Gasteiger partial charge is 0.440 e. The van der Waals surface area contributed by atoms with Gasteiger partial charge in [-0.05, 0) is 327 Å². The molecule has 0 saturated heterocycles. The summed E-state index contributed by atoms with van der Waals surface area (Å²) >= 11 is 0. The highest BCUT2D eigenvalue weighted by atomic mass is 28.6. The Bertz CT molecular complexity index is 2580. The maximum absolute atomic E-state index is 10.5. The zero-order chi connectivity index (χ0) is 80.5. The van der Waals surface area contributed by atoms with Crippen molar-refractivity contribution in [3.8, 4) is 0 Å². The van der Waals surface area contributed by atoms with Crippen molar-refractivity contribution in [2.75, 3.05) is 0 Å². The molecule has 0 aromatic rings. The van der Waals surface area contributed by atoms with Crippen LogP contribution in [0.5, 0.6) is 0 Å². The smallest absolute Gasteiger partial charge is 0.320 e. The Kier molecular flexibility index (Phi) is 36.8. The van der Waals surface area contributed by atoms with E-state index < -0.39 is 215 Å². The van der Waals surface area contributed by atoms with E-state index in [1.807, 2.05) is 144 Å². The lowest BCUT2D eigenvalue weighted by Gasteiger charge is -2.45. The van der Waals surface area contributed by atoms with Gasteiger partial charge in [-0.3, -0.25) is 0 Å². The second-order valence-corrected chi connectivity index (χ2v) is 126. The molecule has 0 heterocycles. The van der Waals surface area contributed by atoms with Crippen LogP contribution in [0.25, 0.3) is 0 Å². The van der Waals surface area contributed by atoms with E-state index in [0.29, 0.717) is 0 Å². The average Bonchev–Trinajstić information content (AvgIpc) is 0.814. The van der Waals surface area contributed by atoms with Crippen molar-refractivity contribution < 1.29 is 104 Å². The zero-order valence-corrected chi connectivity index (χ0v) is 98.0. The van der Waals surface area contributed by atoms with Crippen LogP contribution in [-0.4, -0.2) is 219 Å². The fourth-order valence-electron chi connectivity index (χ4n) is 14.7. The molecular weight excluding hydrogens is 1700 g/mol. The molecule has 0 aliphatic rings. The van der Waals surface area contributed by atoms with Crippen molar-refractivity contribution >= 4 is 215 Å². The number of hydrogen-bond donors (Lipinski definition) is 1. The first-order valence-electron chi connectivity index (χ1n) is 35.2. The Hall–Kier alpha value is 4.42. The van der Waals surface area contributed by atoms with E-state index in [-0.39, 0.29) is 0 Å². The minimum Gasteiger partial charge on any atom is -0.440 e. The van der Waals surface area contributed by atoms with Crippen LogP contribution in [0.1, 0.15) is 0 Å². The van der Waals surface area contributed by atoms with E-state index in [1.54, 1.807) is 13.1 Å². The predicted octanol–water partition coefficient (Wildman–Crippen LogP) is 17.2. The summed E-state index contributed by atoms with van der Waals surface area (Å²) in [7, 11) is -68.7. The van der Waals surface area contributed by atoms with Gasteiger partial charge in [-0.25, -0.2) is 0 Å². The Morgan fingerprint density at radius 2 is 0.200 bits per heavy atom. The third-order valence-corrected chi connectivity index (χ3v) is 106. The van der Waals surface area contributed by atoms with Gasteiger partial charge in [0.2, 0.25) is 0 Å². The van der Waals surface area contributed by atoms with Crippen molar-refractivity contribution in [1.29, 1.82) is 0 Å². The van der Waals surface area contributed by atoms with Crippen molar-refractivity contribution in [2.45, 2.75) is 327 Å². The third-order valence-electron chi connectivity index (χ3n) is 11.8. The van der Waals surface area contributed by atoms with Crippen molar-refractivity contribution in [3.05, 3.63) is 0 Å². The van der Waals surface area contributed by atoms with Gasteiger partial charge in [-0.1, -0.05) is 0 Å². The molecule has 25 nitrogen and oxygen atoms in total. The van der Waals surface area contributed by atoms with E-state index in [9.17, 15) is 4.80 Å². The molecule has 0 bridgehead atoms. The van der Waals surface area contributed by atoms with Crippen LogP contribution in [0.15, 0.2) is 0 Å². The summed E-state index contributed by atoms with van der Waals surface area (Å²) in [6.45, 7) is 102. The fourth-order valence-corrected chi connectivity index (χ4v) is 141. The summed E-state index contributed by atoms with van der Waals surface area (Å²) in [5.74, 6) is 0. The van der Waals surface area contributed by atoms with Gasteiger partial charge in [0.1, 0.15) is 0 Å². The minimum atomic E-state index is -2.91. The molecular formula is C50H152O25Si25. The molecule has 0 amide bonds.